The molecule has 19 heavy (non-hydrogen) atoms. The molecule has 0 aliphatic carbocycles. The van der Waals surface area contributed by atoms with Gasteiger partial charge in [-0.2, -0.15) is 0 Å². The van der Waals surface area contributed by atoms with Gasteiger partial charge < -0.3 is 10.1 Å². The molecule has 0 fully saturated rings. The van der Waals surface area contributed by atoms with Gasteiger partial charge in [0.15, 0.2) is 0 Å². The first-order valence-electron chi connectivity index (χ1n) is 7.51. The van der Waals surface area contributed by atoms with Gasteiger partial charge in [0.1, 0.15) is 5.75 Å². The Morgan fingerprint density at radius 3 is 2.21 bits per heavy atom. The van der Waals surface area contributed by atoms with Gasteiger partial charge in [-0.25, -0.2) is 0 Å². The number of ether oxygens (including phenoxy) is 1. The van der Waals surface area contributed by atoms with Crippen LogP contribution in [-0.4, -0.2) is 13.2 Å². The van der Waals surface area contributed by atoms with Crippen LogP contribution < -0.4 is 10.1 Å². The van der Waals surface area contributed by atoms with Crippen molar-refractivity contribution in [3.8, 4) is 5.75 Å². The second kappa shape index (κ2) is 7.54. The number of nitrogens with one attached hydrogen (secondary N) is 1. The predicted octanol–water partition coefficient (Wildman–Crippen LogP) is 4.56. The van der Waals surface area contributed by atoms with Gasteiger partial charge in [0.2, 0.25) is 0 Å². The highest BCUT2D eigenvalue weighted by atomic mass is 16.5. The lowest BCUT2D eigenvalue weighted by Gasteiger charge is -2.35. The molecule has 0 amide bonds. The largest absolute Gasteiger partial charge is 0.494 e. The van der Waals surface area contributed by atoms with Crippen LogP contribution in [0.3, 0.4) is 0 Å². The molecule has 0 bridgehead atoms. The molecule has 0 aliphatic heterocycles. The van der Waals surface area contributed by atoms with Crippen molar-refractivity contribution in [1.82, 2.24) is 5.32 Å². The fourth-order valence-electron chi connectivity index (χ4n) is 2.26. The third-order valence-electron chi connectivity index (χ3n) is 3.82. The SMILES string of the molecule is CCCNC(c1ccc(OCC)cc1)C(C)(C)CC. The molecule has 1 rings (SSSR count). The van der Waals surface area contributed by atoms with Gasteiger partial charge in [0, 0.05) is 6.04 Å². The van der Waals surface area contributed by atoms with Gasteiger partial charge in [0.25, 0.3) is 0 Å². The van der Waals surface area contributed by atoms with Crippen LogP contribution >= 0.6 is 0 Å². The van der Waals surface area contributed by atoms with E-state index < -0.39 is 0 Å². The minimum Gasteiger partial charge on any atom is -0.494 e. The van der Waals surface area contributed by atoms with E-state index in [9.17, 15) is 0 Å². The molecule has 1 unspecified atom stereocenters. The van der Waals surface area contributed by atoms with Crippen molar-refractivity contribution in [2.75, 3.05) is 13.2 Å². The molecule has 0 aromatic heterocycles. The van der Waals surface area contributed by atoms with E-state index in [0.29, 0.717) is 6.04 Å². The second-order valence-electron chi connectivity index (χ2n) is 5.73. The van der Waals surface area contributed by atoms with E-state index >= 15 is 0 Å². The lowest BCUT2D eigenvalue weighted by Crippen LogP contribution is -2.34. The molecule has 108 valence electrons. The van der Waals surface area contributed by atoms with E-state index in [2.05, 4.69) is 57.3 Å². The summed E-state index contributed by atoms with van der Waals surface area (Å²) in [6.07, 6.45) is 2.31. The van der Waals surface area contributed by atoms with Gasteiger partial charge in [-0.1, -0.05) is 39.8 Å². The minimum absolute atomic E-state index is 0.252. The lowest BCUT2D eigenvalue weighted by molar-refractivity contribution is 0.234. The van der Waals surface area contributed by atoms with Gasteiger partial charge in [-0.05, 0) is 49.4 Å². The first-order valence-corrected chi connectivity index (χ1v) is 7.51. The lowest BCUT2D eigenvalue weighted by atomic mass is 9.78. The third kappa shape index (κ3) is 4.54. The highest BCUT2D eigenvalue weighted by Gasteiger charge is 2.28. The summed E-state index contributed by atoms with van der Waals surface area (Å²) in [6, 6.07) is 8.93. The molecular formula is C17H29NO. The molecule has 2 heteroatoms. The van der Waals surface area contributed by atoms with E-state index in [1.807, 2.05) is 6.92 Å². The molecule has 1 atom stereocenters. The van der Waals surface area contributed by atoms with Crippen molar-refractivity contribution in [1.29, 1.82) is 0 Å². The Balaban J connectivity index is 2.90. The summed E-state index contributed by atoms with van der Waals surface area (Å²) in [4.78, 5) is 0. The average molecular weight is 263 g/mol. The normalized spacial score (nSPS) is 13.3. The summed E-state index contributed by atoms with van der Waals surface area (Å²) < 4.78 is 5.51. The Morgan fingerprint density at radius 2 is 1.74 bits per heavy atom. The summed E-state index contributed by atoms with van der Waals surface area (Å²) >= 11 is 0. The highest BCUT2D eigenvalue weighted by molar-refractivity contribution is 5.30. The molecule has 1 aromatic carbocycles. The van der Waals surface area contributed by atoms with E-state index in [0.717, 1.165) is 31.7 Å². The summed E-state index contributed by atoms with van der Waals surface area (Å²) in [5.74, 6) is 0.954. The fraction of sp³-hybridized carbons (Fsp3) is 0.647. The number of benzene rings is 1. The Hall–Kier alpha value is -1.02. The molecule has 0 spiro atoms. The van der Waals surface area contributed by atoms with Crippen LogP contribution in [0.1, 0.15) is 59.1 Å². The molecule has 2 nitrogen and oxygen atoms in total. The number of rotatable bonds is 8. The molecular weight excluding hydrogens is 234 g/mol. The fourth-order valence-corrected chi connectivity index (χ4v) is 2.26. The Morgan fingerprint density at radius 1 is 1.11 bits per heavy atom. The second-order valence-corrected chi connectivity index (χ2v) is 5.73. The first-order chi connectivity index (χ1) is 9.05. The maximum atomic E-state index is 5.51. The third-order valence-corrected chi connectivity index (χ3v) is 3.82. The molecule has 1 N–H and O–H groups in total. The quantitative estimate of drug-likeness (QED) is 0.742. The standard InChI is InChI=1S/C17H29NO/c1-6-13-18-16(17(4,5)7-2)14-9-11-15(12-10-14)19-8-3/h9-12,16,18H,6-8,13H2,1-5H3. The van der Waals surface area contributed by atoms with Gasteiger partial charge >= 0.3 is 0 Å². The number of hydrogen-bond donors (Lipinski definition) is 1. The van der Waals surface area contributed by atoms with Crippen molar-refractivity contribution in [3.63, 3.8) is 0 Å². The van der Waals surface area contributed by atoms with E-state index in [-0.39, 0.29) is 5.41 Å². The molecule has 0 heterocycles. The van der Waals surface area contributed by atoms with Crippen molar-refractivity contribution >= 4 is 0 Å². The molecule has 1 aromatic rings. The van der Waals surface area contributed by atoms with Crippen molar-refractivity contribution in [2.45, 2.75) is 53.5 Å². The average Bonchev–Trinajstić information content (AvgIpc) is 2.41. The van der Waals surface area contributed by atoms with Crippen molar-refractivity contribution < 1.29 is 4.74 Å². The zero-order valence-electron chi connectivity index (χ0n) is 13.1. The summed E-state index contributed by atoms with van der Waals surface area (Å²) in [5, 5.41) is 3.69. The summed E-state index contributed by atoms with van der Waals surface area (Å²) in [5.41, 5.74) is 1.60. The zero-order chi connectivity index (χ0) is 14.3. The number of hydrogen-bond acceptors (Lipinski definition) is 2. The van der Waals surface area contributed by atoms with Crippen LogP contribution in [-0.2, 0) is 0 Å². The van der Waals surface area contributed by atoms with Crippen LogP contribution in [0.5, 0.6) is 5.75 Å². The predicted molar refractivity (Wildman–Crippen MR) is 82.7 cm³/mol. The maximum Gasteiger partial charge on any atom is 0.119 e. The molecule has 0 radical (unpaired) electrons. The first kappa shape index (κ1) is 16.0. The highest BCUT2D eigenvalue weighted by Crippen LogP contribution is 2.36. The van der Waals surface area contributed by atoms with E-state index in [4.69, 9.17) is 4.74 Å². The van der Waals surface area contributed by atoms with E-state index in [1.165, 1.54) is 5.56 Å². The summed E-state index contributed by atoms with van der Waals surface area (Å²) in [7, 11) is 0. The van der Waals surface area contributed by atoms with Gasteiger partial charge in [-0.3, -0.25) is 0 Å². The van der Waals surface area contributed by atoms with Crippen LogP contribution in [0, 0.1) is 5.41 Å². The topological polar surface area (TPSA) is 21.3 Å². The smallest absolute Gasteiger partial charge is 0.119 e. The molecule has 0 saturated carbocycles. The molecule has 0 saturated heterocycles. The minimum atomic E-state index is 0.252. The van der Waals surface area contributed by atoms with Gasteiger partial charge in [-0.15, -0.1) is 0 Å². The van der Waals surface area contributed by atoms with E-state index in [1.54, 1.807) is 0 Å². The van der Waals surface area contributed by atoms with Gasteiger partial charge in [0.05, 0.1) is 6.61 Å². The Bertz CT molecular complexity index is 356. The van der Waals surface area contributed by atoms with Crippen molar-refractivity contribution in [3.05, 3.63) is 29.8 Å². The van der Waals surface area contributed by atoms with Crippen LogP contribution in [0.25, 0.3) is 0 Å². The summed E-state index contributed by atoms with van der Waals surface area (Å²) in [6.45, 7) is 12.9. The van der Waals surface area contributed by atoms with Crippen LogP contribution in [0.15, 0.2) is 24.3 Å². The van der Waals surface area contributed by atoms with Crippen LogP contribution in [0.2, 0.25) is 0 Å². The Labute approximate surface area is 118 Å². The maximum absolute atomic E-state index is 5.51. The van der Waals surface area contributed by atoms with Crippen LogP contribution in [0.4, 0.5) is 0 Å². The molecule has 0 aliphatic rings. The Kier molecular flexibility index (Phi) is 6.36. The zero-order valence-corrected chi connectivity index (χ0v) is 13.1. The van der Waals surface area contributed by atoms with Crippen molar-refractivity contribution in [2.24, 2.45) is 5.41 Å². The monoisotopic (exact) mass is 263 g/mol.